The van der Waals surface area contributed by atoms with E-state index in [0.29, 0.717) is 37.1 Å². The number of carbonyl (C=O) groups is 2. The number of fused-ring (bicyclic) bond motifs is 1. The Morgan fingerprint density at radius 1 is 1.03 bits per heavy atom. The molecule has 32 heavy (non-hydrogen) atoms. The number of amides is 2. The molecule has 1 unspecified atom stereocenters. The van der Waals surface area contributed by atoms with Gasteiger partial charge in [0.2, 0.25) is 17.8 Å². The molecule has 0 fully saturated rings. The Morgan fingerprint density at radius 3 is 2.50 bits per heavy atom. The Bertz CT molecular complexity index is 1030. The SMILES string of the molecule is CCCC(NC(=O)Cc1ccc(OCC)c(OCC)c1)C(=O)Nc1nc2ccccc2[nH]1. The zero-order valence-electron chi connectivity index (χ0n) is 18.7. The lowest BCUT2D eigenvalue weighted by atomic mass is 10.1. The Balaban J connectivity index is 1.65. The van der Waals surface area contributed by atoms with Crippen molar-refractivity contribution in [3.05, 3.63) is 48.0 Å². The lowest BCUT2D eigenvalue weighted by Gasteiger charge is -2.17. The quantitative estimate of drug-likeness (QED) is 0.422. The molecule has 0 saturated heterocycles. The summed E-state index contributed by atoms with van der Waals surface area (Å²) >= 11 is 0. The van der Waals surface area contributed by atoms with E-state index in [1.54, 1.807) is 12.1 Å². The second kappa shape index (κ2) is 11.2. The molecule has 8 heteroatoms. The first-order chi connectivity index (χ1) is 15.5. The van der Waals surface area contributed by atoms with Crippen molar-refractivity contribution in [1.29, 1.82) is 0 Å². The summed E-state index contributed by atoms with van der Waals surface area (Å²) in [6.07, 6.45) is 1.39. The van der Waals surface area contributed by atoms with Gasteiger partial charge in [-0.25, -0.2) is 4.98 Å². The number of rotatable bonds is 11. The third kappa shape index (κ3) is 6.00. The van der Waals surface area contributed by atoms with Crippen LogP contribution < -0.4 is 20.1 Å². The van der Waals surface area contributed by atoms with Gasteiger partial charge >= 0.3 is 0 Å². The Morgan fingerprint density at radius 2 is 1.78 bits per heavy atom. The van der Waals surface area contributed by atoms with E-state index < -0.39 is 6.04 Å². The van der Waals surface area contributed by atoms with E-state index in [1.807, 2.05) is 51.1 Å². The van der Waals surface area contributed by atoms with Gasteiger partial charge in [0.1, 0.15) is 6.04 Å². The summed E-state index contributed by atoms with van der Waals surface area (Å²) in [5.74, 6) is 1.06. The molecule has 1 atom stereocenters. The molecule has 0 spiro atoms. The largest absolute Gasteiger partial charge is 0.490 e. The van der Waals surface area contributed by atoms with Gasteiger partial charge in [-0.3, -0.25) is 14.9 Å². The molecule has 170 valence electrons. The molecule has 1 aromatic heterocycles. The first-order valence-corrected chi connectivity index (χ1v) is 11.0. The number of hydrogen-bond acceptors (Lipinski definition) is 5. The standard InChI is InChI=1S/C24H30N4O4/c1-4-9-19(23(30)28-24-26-17-10-7-8-11-18(17)27-24)25-22(29)15-16-12-13-20(31-5-2)21(14-16)32-6-3/h7-8,10-14,19H,4-6,9,15H2,1-3H3,(H,25,29)(H2,26,27,28,30). The highest BCUT2D eigenvalue weighted by Gasteiger charge is 2.21. The lowest BCUT2D eigenvalue weighted by molar-refractivity contribution is -0.126. The molecule has 2 aromatic carbocycles. The van der Waals surface area contributed by atoms with Crippen LogP contribution in [0.25, 0.3) is 11.0 Å². The molecule has 2 amide bonds. The van der Waals surface area contributed by atoms with Crippen molar-refractivity contribution in [1.82, 2.24) is 15.3 Å². The van der Waals surface area contributed by atoms with Crippen molar-refractivity contribution in [3.63, 3.8) is 0 Å². The Kier molecular flexibility index (Phi) is 8.08. The number of anilines is 1. The third-order valence-corrected chi connectivity index (χ3v) is 4.83. The van der Waals surface area contributed by atoms with Gasteiger partial charge in [0.25, 0.3) is 0 Å². The second-order valence-electron chi connectivity index (χ2n) is 7.32. The topological polar surface area (TPSA) is 105 Å². The van der Waals surface area contributed by atoms with E-state index in [9.17, 15) is 9.59 Å². The summed E-state index contributed by atoms with van der Waals surface area (Å²) in [5.41, 5.74) is 2.38. The zero-order valence-corrected chi connectivity index (χ0v) is 18.7. The molecule has 0 saturated carbocycles. The van der Waals surface area contributed by atoms with Gasteiger partial charge in [-0.15, -0.1) is 0 Å². The van der Waals surface area contributed by atoms with E-state index in [-0.39, 0.29) is 18.2 Å². The molecule has 0 aliphatic heterocycles. The molecule has 8 nitrogen and oxygen atoms in total. The molecule has 3 aromatic rings. The fourth-order valence-corrected chi connectivity index (χ4v) is 3.41. The van der Waals surface area contributed by atoms with E-state index in [1.165, 1.54) is 0 Å². The average molecular weight is 439 g/mol. The molecule has 3 rings (SSSR count). The van der Waals surface area contributed by atoms with Crippen LogP contribution in [0.2, 0.25) is 0 Å². The highest BCUT2D eigenvalue weighted by molar-refractivity contribution is 5.97. The predicted octanol–water partition coefficient (Wildman–Crippen LogP) is 3.83. The van der Waals surface area contributed by atoms with Gasteiger partial charge in [0.05, 0.1) is 30.7 Å². The minimum absolute atomic E-state index is 0.130. The molecule has 0 aliphatic rings. The second-order valence-corrected chi connectivity index (χ2v) is 7.32. The van der Waals surface area contributed by atoms with E-state index in [2.05, 4.69) is 20.6 Å². The fraction of sp³-hybridized carbons (Fsp3) is 0.375. The minimum atomic E-state index is -0.658. The van der Waals surface area contributed by atoms with Crippen LogP contribution in [0.3, 0.4) is 0 Å². The van der Waals surface area contributed by atoms with Crippen LogP contribution in [-0.4, -0.2) is 41.0 Å². The Hall–Kier alpha value is -3.55. The van der Waals surface area contributed by atoms with Crippen molar-refractivity contribution in [2.24, 2.45) is 0 Å². The van der Waals surface area contributed by atoms with Gasteiger partial charge < -0.3 is 19.8 Å². The predicted molar refractivity (Wildman–Crippen MR) is 124 cm³/mol. The fourth-order valence-electron chi connectivity index (χ4n) is 3.41. The summed E-state index contributed by atoms with van der Waals surface area (Å²) in [6.45, 7) is 6.79. The lowest BCUT2D eigenvalue weighted by Crippen LogP contribution is -2.44. The van der Waals surface area contributed by atoms with Crippen LogP contribution in [0, 0.1) is 0 Å². The highest BCUT2D eigenvalue weighted by Crippen LogP contribution is 2.28. The van der Waals surface area contributed by atoms with Crippen molar-refractivity contribution in [2.45, 2.75) is 46.1 Å². The number of H-pyrrole nitrogens is 1. The van der Waals surface area contributed by atoms with Gasteiger partial charge in [-0.2, -0.15) is 0 Å². The summed E-state index contributed by atoms with van der Waals surface area (Å²) in [7, 11) is 0. The molecule has 0 bridgehead atoms. The maximum Gasteiger partial charge on any atom is 0.249 e. The molecular formula is C24H30N4O4. The van der Waals surface area contributed by atoms with Crippen molar-refractivity contribution >= 4 is 28.8 Å². The van der Waals surface area contributed by atoms with Crippen LogP contribution in [0.5, 0.6) is 11.5 Å². The van der Waals surface area contributed by atoms with Crippen molar-refractivity contribution in [2.75, 3.05) is 18.5 Å². The minimum Gasteiger partial charge on any atom is -0.490 e. The smallest absolute Gasteiger partial charge is 0.249 e. The molecule has 0 aliphatic carbocycles. The van der Waals surface area contributed by atoms with Crippen LogP contribution in [-0.2, 0) is 16.0 Å². The van der Waals surface area contributed by atoms with Crippen LogP contribution in [0.15, 0.2) is 42.5 Å². The number of hydrogen-bond donors (Lipinski definition) is 3. The number of ether oxygens (including phenoxy) is 2. The van der Waals surface area contributed by atoms with Gasteiger partial charge in [-0.05, 0) is 50.1 Å². The molecule has 3 N–H and O–H groups in total. The zero-order chi connectivity index (χ0) is 22.9. The number of aromatic nitrogens is 2. The number of nitrogens with one attached hydrogen (secondary N) is 3. The number of imidazole rings is 1. The summed E-state index contributed by atoms with van der Waals surface area (Å²) < 4.78 is 11.2. The maximum absolute atomic E-state index is 12.8. The molecular weight excluding hydrogens is 408 g/mol. The van der Waals surface area contributed by atoms with E-state index >= 15 is 0 Å². The molecule has 0 radical (unpaired) electrons. The average Bonchev–Trinajstić information content (AvgIpc) is 3.18. The van der Waals surface area contributed by atoms with Gasteiger partial charge in [-0.1, -0.05) is 31.5 Å². The monoisotopic (exact) mass is 438 g/mol. The van der Waals surface area contributed by atoms with Gasteiger partial charge in [0, 0.05) is 0 Å². The van der Waals surface area contributed by atoms with Crippen LogP contribution in [0.1, 0.15) is 39.2 Å². The summed E-state index contributed by atoms with van der Waals surface area (Å²) in [5, 5.41) is 5.62. The highest BCUT2D eigenvalue weighted by atomic mass is 16.5. The van der Waals surface area contributed by atoms with Crippen molar-refractivity contribution in [3.8, 4) is 11.5 Å². The van der Waals surface area contributed by atoms with Crippen molar-refractivity contribution < 1.29 is 19.1 Å². The molecule has 1 heterocycles. The Labute approximate surface area is 187 Å². The van der Waals surface area contributed by atoms with Crippen LogP contribution >= 0.6 is 0 Å². The van der Waals surface area contributed by atoms with Crippen LogP contribution in [0.4, 0.5) is 5.95 Å². The number of carbonyl (C=O) groups excluding carboxylic acids is 2. The van der Waals surface area contributed by atoms with E-state index in [0.717, 1.165) is 23.0 Å². The third-order valence-electron chi connectivity index (χ3n) is 4.83. The summed E-state index contributed by atoms with van der Waals surface area (Å²) in [4.78, 5) is 32.9. The number of benzene rings is 2. The first-order valence-electron chi connectivity index (χ1n) is 11.0. The maximum atomic E-state index is 12.8. The normalized spacial score (nSPS) is 11.7. The van der Waals surface area contributed by atoms with Gasteiger partial charge in [0.15, 0.2) is 11.5 Å². The summed E-state index contributed by atoms with van der Waals surface area (Å²) in [6, 6.07) is 12.3. The number of aromatic amines is 1. The van der Waals surface area contributed by atoms with E-state index in [4.69, 9.17) is 9.47 Å². The first kappa shape index (κ1) is 23.1. The number of para-hydroxylation sites is 2. The number of nitrogens with zero attached hydrogens (tertiary/aromatic N) is 1.